The monoisotopic (exact) mass is 426 g/mol. The lowest BCUT2D eigenvalue weighted by Gasteiger charge is -2.11. The van der Waals surface area contributed by atoms with Gasteiger partial charge in [0.2, 0.25) is 0 Å². The van der Waals surface area contributed by atoms with Gasteiger partial charge in [0.25, 0.3) is 0 Å². The Morgan fingerprint density at radius 1 is 0.938 bits per heavy atom. The van der Waals surface area contributed by atoms with Gasteiger partial charge >= 0.3 is 0 Å². The van der Waals surface area contributed by atoms with Crippen LogP contribution in [0.15, 0.2) is 79.6 Å². The van der Waals surface area contributed by atoms with E-state index in [4.69, 9.17) is 4.74 Å². The molecule has 0 saturated carbocycles. The Morgan fingerprint density at radius 3 is 2.50 bits per heavy atom. The topological polar surface area (TPSA) is 77.8 Å². The lowest BCUT2D eigenvalue weighted by molar-refractivity contribution is 0.321. The maximum Gasteiger partial charge on any atom is 0.165 e. The fourth-order valence-electron chi connectivity index (χ4n) is 3.46. The van der Waals surface area contributed by atoms with Gasteiger partial charge in [-0.05, 0) is 66.6 Å². The summed E-state index contributed by atoms with van der Waals surface area (Å²) < 4.78 is 21.4. The minimum atomic E-state index is -0.389. The summed E-state index contributed by atoms with van der Waals surface area (Å²) in [6.45, 7) is 2.24. The van der Waals surface area contributed by atoms with Gasteiger partial charge in [-0.2, -0.15) is 5.10 Å². The lowest BCUT2D eigenvalue weighted by atomic mass is 10.0. The summed E-state index contributed by atoms with van der Waals surface area (Å²) in [6.07, 6.45) is 4.66. The predicted octanol–water partition coefficient (Wildman–Crippen LogP) is 5.16. The number of anilines is 2. The van der Waals surface area contributed by atoms with Crippen LogP contribution in [0.5, 0.6) is 5.75 Å². The summed E-state index contributed by atoms with van der Waals surface area (Å²) in [7, 11) is 0. The molecule has 158 valence electrons. The third-order valence-electron chi connectivity index (χ3n) is 5.01. The van der Waals surface area contributed by atoms with Crippen LogP contribution in [0.4, 0.5) is 15.9 Å². The number of nitrogens with zero attached hydrogens (tertiary/aromatic N) is 5. The number of benzene rings is 3. The molecule has 0 amide bonds. The third-order valence-corrected chi connectivity index (χ3v) is 5.01. The molecule has 0 aliphatic heterocycles. The van der Waals surface area contributed by atoms with Crippen molar-refractivity contribution in [1.29, 1.82) is 0 Å². The first-order chi connectivity index (χ1) is 15.7. The van der Waals surface area contributed by atoms with Crippen LogP contribution < -0.4 is 10.1 Å². The minimum absolute atomic E-state index is 0.247. The van der Waals surface area contributed by atoms with E-state index in [-0.39, 0.29) is 11.6 Å². The van der Waals surface area contributed by atoms with Crippen LogP contribution in [-0.2, 0) is 0 Å². The van der Waals surface area contributed by atoms with Crippen molar-refractivity contribution >= 4 is 22.4 Å². The standard InChI is InChI=1S/C24H19FN6O/c1-2-32-23-10-4-17(12-21(23)25)16-3-9-22-20(11-16)24(28-14-27-22)30-18-5-7-19(8-6-18)31-15-26-13-29-31/h3-15H,2H2,1H3,(H,27,28,30). The van der Waals surface area contributed by atoms with Crippen LogP contribution in [0.1, 0.15) is 6.92 Å². The molecule has 0 fully saturated rings. The minimum Gasteiger partial charge on any atom is -0.491 e. The van der Waals surface area contributed by atoms with Gasteiger partial charge in [-0.15, -0.1) is 0 Å². The van der Waals surface area contributed by atoms with E-state index >= 15 is 0 Å². The van der Waals surface area contributed by atoms with Crippen molar-refractivity contribution < 1.29 is 9.13 Å². The molecule has 2 heterocycles. The first kappa shape index (κ1) is 19.6. The van der Waals surface area contributed by atoms with Gasteiger partial charge in [-0.25, -0.2) is 24.0 Å². The number of fused-ring (bicyclic) bond motifs is 1. The number of nitrogens with one attached hydrogen (secondary N) is 1. The summed E-state index contributed by atoms with van der Waals surface area (Å²) in [6, 6.07) is 18.5. The predicted molar refractivity (Wildman–Crippen MR) is 121 cm³/mol. The number of halogens is 1. The zero-order chi connectivity index (χ0) is 21.9. The second-order valence-corrected chi connectivity index (χ2v) is 7.04. The molecule has 0 radical (unpaired) electrons. The highest BCUT2D eigenvalue weighted by Crippen LogP contribution is 2.31. The molecule has 0 aliphatic carbocycles. The molecular formula is C24H19FN6O. The molecule has 0 unspecified atom stereocenters. The molecule has 8 heteroatoms. The van der Waals surface area contributed by atoms with E-state index in [0.29, 0.717) is 12.4 Å². The molecule has 5 aromatic rings. The van der Waals surface area contributed by atoms with Gasteiger partial charge in [0, 0.05) is 11.1 Å². The zero-order valence-corrected chi connectivity index (χ0v) is 17.2. The lowest BCUT2D eigenvalue weighted by Crippen LogP contribution is -1.98. The van der Waals surface area contributed by atoms with Crippen LogP contribution in [0.25, 0.3) is 27.7 Å². The van der Waals surface area contributed by atoms with Crippen molar-refractivity contribution in [3.05, 3.63) is 85.5 Å². The largest absolute Gasteiger partial charge is 0.491 e. The summed E-state index contributed by atoms with van der Waals surface area (Å²) in [5, 5.41) is 8.31. The van der Waals surface area contributed by atoms with Gasteiger partial charge in [0.1, 0.15) is 24.8 Å². The summed E-state index contributed by atoms with van der Waals surface area (Å²) in [4.78, 5) is 12.7. The molecule has 0 aliphatic rings. The van der Waals surface area contributed by atoms with Gasteiger partial charge < -0.3 is 10.1 Å². The highest BCUT2D eigenvalue weighted by molar-refractivity contribution is 5.93. The fourth-order valence-corrected chi connectivity index (χ4v) is 3.46. The van der Waals surface area contributed by atoms with Crippen LogP contribution in [0.2, 0.25) is 0 Å². The fraction of sp³-hybridized carbons (Fsp3) is 0.0833. The van der Waals surface area contributed by atoms with Crippen molar-refractivity contribution in [1.82, 2.24) is 24.7 Å². The molecule has 3 aromatic carbocycles. The first-order valence-electron chi connectivity index (χ1n) is 10.1. The average molecular weight is 426 g/mol. The second-order valence-electron chi connectivity index (χ2n) is 7.04. The van der Waals surface area contributed by atoms with Crippen molar-refractivity contribution in [2.75, 3.05) is 11.9 Å². The third kappa shape index (κ3) is 3.85. The smallest absolute Gasteiger partial charge is 0.165 e. The Labute approximate surface area is 183 Å². The van der Waals surface area contributed by atoms with Gasteiger partial charge in [0.15, 0.2) is 11.6 Å². The number of rotatable bonds is 6. The van der Waals surface area contributed by atoms with E-state index in [1.54, 1.807) is 17.1 Å². The number of aromatic nitrogens is 5. The first-order valence-corrected chi connectivity index (χ1v) is 10.1. The highest BCUT2D eigenvalue weighted by Gasteiger charge is 2.10. The Morgan fingerprint density at radius 2 is 1.75 bits per heavy atom. The zero-order valence-electron chi connectivity index (χ0n) is 17.2. The van der Waals surface area contributed by atoms with Crippen LogP contribution >= 0.6 is 0 Å². The summed E-state index contributed by atoms with van der Waals surface area (Å²) >= 11 is 0. The van der Waals surface area contributed by atoms with E-state index in [1.807, 2.05) is 55.5 Å². The quantitative estimate of drug-likeness (QED) is 0.404. The van der Waals surface area contributed by atoms with Crippen LogP contribution in [0, 0.1) is 5.82 Å². The molecule has 5 rings (SSSR count). The SMILES string of the molecule is CCOc1ccc(-c2ccc3ncnc(Nc4ccc(-n5cncn5)cc4)c3c2)cc1F. The van der Waals surface area contributed by atoms with E-state index in [9.17, 15) is 4.39 Å². The molecule has 1 N–H and O–H groups in total. The number of hydrogen-bond donors (Lipinski definition) is 1. The van der Waals surface area contributed by atoms with Crippen LogP contribution in [0.3, 0.4) is 0 Å². The summed E-state index contributed by atoms with van der Waals surface area (Å²) in [5.41, 5.74) is 4.17. The van der Waals surface area contributed by atoms with Crippen molar-refractivity contribution in [3.8, 4) is 22.6 Å². The number of ether oxygens (including phenoxy) is 1. The van der Waals surface area contributed by atoms with Crippen molar-refractivity contribution in [2.24, 2.45) is 0 Å². The molecule has 0 atom stereocenters. The van der Waals surface area contributed by atoms with Gasteiger partial charge in [-0.1, -0.05) is 12.1 Å². The molecular weight excluding hydrogens is 407 g/mol. The van der Waals surface area contributed by atoms with E-state index < -0.39 is 0 Å². The highest BCUT2D eigenvalue weighted by atomic mass is 19.1. The van der Waals surface area contributed by atoms with Crippen molar-refractivity contribution in [2.45, 2.75) is 6.92 Å². The van der Waals surface area contributed by atoms with Crippen LogP contribution in [-0.4, -0.2) is 31.3 Å². The molecule has 0 bridgehead atoms. The molecule has 7 nitrogen and oxygen atoms in total. The maximum atomic E-state index is 14.4. The maximum absolute atomic E-state index is 14.4. The van der Waals surface area contributed by atoms with E-state index in [0.717, 1.165) is 33.4 Å². The normalized spacial score (nSPS) is 10.9. The second kappa shape index (κ2) is 8.43. The number of hydrogen-bond acceptors (Lipinski definition) is 6. The Bertz CT molecular complexity index is 1370. The molecule has 0 saturated heterocycles. The van der Waals surface area contributed by atoms with E-state index in [2.05, 4.69) is 25.4 Å². The van der Waals surface area contributed by atoms with Gasteiger partial charge in [0.05, 0.1) is 17.8 Å². The molecule has 2 aromatic heterocycles. The Balaban J connectivity index is 1.47. The van der Waals surface area contributed by atoms with Crippen molar-refractivity contribution in [3.63, 3.8) is 0 Å². The van der Waals surface area contributed by atoms with Gasteiger partial charge in [-0.3, -0.25) is 0 Å². The average Bonchev–Trinajstić information content (AvgIpc) is 3.36. The summed E-state index contributed by atoms with van der Waals surface area (Å²) in [5.74, 6) is 0.522. The molecule has 32 heavy (non-hydrogen) atoms. The Kier molecular flexibility index (Phi) is 5.17. The molecule has 0 spiro atoms. The van der Waals surface area contributed by atoms with E-state index in [1.165, 1.54) is 18.7 Å². The Hall–Kier alpha value is -4.33.